The third-order valence-corrected chi connectivity index (χ3v) is 3.18. The molecule has 4 heteroatoms. The molecule has 0 unspecified atom stereocenters. The van der Waals surface area contributed by atoms with E-state index in [2.05, 4.69) is 39.2 Å². The van der Waals surface area contributed by atoms with Gasteiger partial charge in [-0.1, -0.05) is 13.8 Å². The molecule has 0 atom stereocenters. The van der Waals surface area contributed by atoms with Crippen molar-refractivity contribution in [3.05, 3.63) is 35.7 Å². The monoisotopic (exact) mass is 216 g/mol. The van der Waals surface area contributed by atoms with E-state index in [4.69, 9.17) is 0 Å². The lowest BCUT2D eigenvalue weighted by molar-refractivity contribution is 0.621. The molecule has 3 rings (SSSR count). The predicted octanol–water partition coefficient (Wildman–Crippen LogP) is 1.81. The van der Waals surface area contributed by atoms with Crippen molar-refractivity contribution >= 4 is 0 Å². The summed E-state index contributed by atoms with van der Waals surface area (Å²) in [4.78, 5) is 4.37. The van der Waals surface area contributed by atoms with Gasteiger partial charge in [-0.05, 0) is 12.0 Å². The second-order valence-electron chi connectivity index (χ2n) is 4.66. The van der Waals surface area contributed by atoms with Gasteiger partial charge < -0.3 is 4.57 Å². The Morgan fingerprint density at radius 2 is 2.25 bits per heavy atom. The molecule has 4 nitrogen and oxygen atoms in total. The minimum absolute atomic E-state index is 0.499. The Labute approximate surface area is 94.9 Å². The highest BCUT2D eigenvalue weighted by atomic mass is 15.3. The smallest absolute Gasteiger partial charge is 0.130 e. The summed E-state index contributed by atoms with van der Waals surface area (Å²) < 4.78 is 4.31. The first kappa shape index (κ1) is 9.63. The maximum absolute atomic E-state index is 4.65. The van der Waals surface area contributed by atoms with Crippen LogP contribution in [0.3, 0.4) is 0 Å². The summed E-state index contributed by atoms with van der Waals surface area (Å²) in [6.07, 6.45) is 4.96. The first-order valence-electron chi connectivity index (χ1n) is 5.80. The molecule has 0 N–H and O–H groups in total. The van der Waals surface area contributed by atoms with E-state index < -0.39 is 0 Å². The highest BCUT2D eigenvalue weighted by Crippen LogP contribution is 2.18. The molecule has 3 heterocycles. The Morgan fingerprint density at radius 3 is 3.06 bits per heavy atom. The van der Waals surface area contributed by atoms with Crippen LogP contribution in [0, 0.1) is 0 Å². The van der Waals surface area contributed by atoms with Gasteiger partial charge in [-0.3, -0.25) is 4.68 Å². The molecule has 0 spiro atoms. The summed E-state index contributed by atoms with van der Waals surface area (Å²) in [5, 5.41) is 4.65. The highest BCUT2D eigenvalue weighted by molar-refractivity contribution is 5.16. The number of fused-ring (bicyclic) bond motifs is 2. The lowest BCUT2D eigenvalue weighted by atomic mass is 10.1. The molecule has 0 radical (unpaired) electrons. The van der Waals surface area contributed by atoms with E-state index in [1.165, 1.54) is 11.4 Å². The topological polar surface area (TPSA) is 35.6 Å². The van der Waals surface area contributed by atoms with Gasteiger partial charge in [0, 0.05) is 31.1 Å². The summed E-state index contributed by atoms with van der Waals surface area (Å²) in [6.45, 7) is 6.18. The summed E-state index contributed by atoms with van der Waals surface area (Å²) in [5.74, 6) is 1.61. The summed E-state index contributed by atoms with van der Waals surface area (Å²) >= 11 is 0. The van der Waals surface area contributed by atoms with Crippen molar-refractivity contribution in [3.63, 3.8) is 0 Å². The highest BCUT2D eigenvalue weighted by Gasteiger charge is 2.16. The van der Waals surface area contributed by atoms with Crippen LogP contribution in [0.15, 0.2) is 18.5 Å². The molecule has 0 saturated carbocycles. The summed E-state index contributed by atoms with van der Waals surface area (Å²) in [7, 11) is 0. The first-order chi connectivity index (χ1) is 7.74. The van der Waals surface area contributed by atoms with Gasteiger partial charge in [-0.15, -0.1) is 0 Å². The van der Waals surface area contributed by atoms with Gasteiger partial charge in [0.25, 0.3) is 0 Å². The maximum Gasteiger partial charge on any atom is 0.130 e. The molecule has 16 heavy (non-hydrogen) atoms. The summed E-state index contributed by atoms with van der Waals surface area (Å²) in [5.41, 5.74) is 2.52. The van der Waals surface area contributed by atoms with Gasteiger partial charge >= 0.3 is 0 Å². The number of aromatic nitrogens is 4. The Kier molecular flexibility index (Phi) is 2.09. The van der Waals surface area contributed by atoms with Crippen molar-refractivity contribution in [2.45, 2.75) is 39.3 Å². The van der Waals surface area contributed by atoms with Crippen molar-refractivity contribution in [2.24, 2.45) is 0 Å². The van der Waals surface area contributed by atoms with Crippen LogP contribution in [-0.4, -0.2) is 19.3 Å². The number of rotatable bonds is 1. The molecular weight excluding hydrogens is 200 g/mol. The van der Waals surface area contributed by atoms with Crippen LogP contribution >= 0.6 is 0 Å². The second-order valence-corrected chi connectivity index (χ2v) is 4.66. The maximum atomic E-state index is 4.65. The number of nitrogens with zero attached hydrogens (tertiary/aromatic N) is 4. The van der Waals surface area contributed by atoms with Gasteiger partial charge in [0.05, 0.1) is 12.2 Å². The molecule has 2 aromatic rings. The fourth-order valence-corrected chi connectivity index (χ4v) is 2.16. The molecule has 1 aliphatic heterocycles. The lowest BCUT2D eigenvalue weighted by Gasteiger charge is -2.02. The molecule has 84 valence electrons. The van der Waals surface area contributed by atoms with Gasteiger partial charge in [0.1, 0.15) is 5.82 Å². The Hall–Kier alpha value is -1.58. The van der Waals surface area contributed by atoms with Crippen molar-refractivity contribution in [1.29, 1.82) is 0 Å². The van der Waals surface area contributed by atoms with E-state index in [0.717, 1.165) is 25.3 Å². The van der Waals surface area contributed by atoms with Gasteiger partial charge in [-0.25, -0.2) is 4.98 Å². The van der Waals surface area contributed by atoms with E-state index in [1.54, 1.807) is 0 Å². The molecule has 1 aliphatic rings. The predicted molar refractivity (Wildman–Crippen MR) is 61.3 cm³/mol. The van der Waals surface area contributed by atoms with Crippen molar-refractivity contribution in [1.82, 2.24) is 19.3 Å². The van der Waals surface area contributed by atoms with Crippen LogP contribution in [0.25, 0.3) is 0 Å². The fraction of sp³-hybridized carbons (Fsp3) is 0.500. The van der Waals surface area contributed by atoms with E-state index in [0.29, 0.717) is 5.92 Å². The molecule has 0 aromatic carbocycles. The molecule has 0 fully saturated rings. The first-order valence-corrected chi connectivity index (χ1v) is 5.80. The van der Waals surface area contributed by atoms with Gasteiger partial charge in [0.15, 0.2) is 0 Å². The van der Waals surface area contributed by atoms with Crippen LogP contribution in [0.5, 0.6) is 0 Å². The minimum Gasteiger partial charge on any atom is -0.333 e. The van der Waals surface area contributed by atoms with Gasteiger partial charge in [-0.2, -0.15) is 5.10 Å². The quantitative estimate of drug-likeness (QED) is 0.728. The van der Waals surface area contributed by atoms with E-state index in [1.807, 2.05) is 12.4 Å². The Bertz CT molecular complexity index is 507. The van der Waals surface area contributed by atoms with Crippen molar-refractivity contribution < 1.29 is 0 Å². The standard InChI is InChI=1S/C12H16N4/c1-9(2)11-7-10-3-5-15-6-4-13-12(15)8-16(10)14-11/h4,6-7,9H,3,5,8H2,1-2H3. The Balaban J connectivity index is 2.00. The zero-order valence-corrected chi connectivity index (χ0v) is 9.72. The largest absolute Gasteiger partial charge is 0.333 e. The third-order valence-electron chi connectivity index (χ3n) is 3.18. The van der Waals surface area contributed by atoms with Crippen LogP contribution in [0.1, 0.15) is 37.0 Å². The number of hydrogen-bond acceptors (Lipinski definition) is 2. The normalized spacial score (nSPS) is 14.7. The van der Waals surface area contributed by atoms with Crippen LogP contribution in [-0.2, 0) is 19.5 Å². The molecule has 0 saturated heterocycles. The molecule has 2 aromatic heterocycles. The molecule has 0 aliphatic carbocycles. The number of hydrogen-bond donors (Lipinski definition) is 0. The zero-order valence-electron chi connectivity index (χ0n) is 9.72. The van der Waals surface area contributed by atoms with Crippen LogP contribution < -0.4 is 0 Å². The van der Waals surface area contributed by atoms with Crippen molar-refractivity contribution in [3.8, 4) is 0 Å². The SMILES string of the molecule is CC(C)c1cc2n(n1)Cc1nccn1CC2. The van der Waals surface area contributed by atoms with Gasteiger partial charge in [0.2, 0.25) is 0 Å². The Morgan fingerprint density at radius 1 is 1.38 bits per heavy atom. The molecule has 0 amide bonds. The van der Waals surface area contributed by atoms with E-state index >= 15 is 0 Å². The van der Waals surface area contributed by atoms with Crippen LogP contribution in [0.4, 0.5) is 0 Å². The minimum atomic E-state index is 0.499. The van der Waals surface area contributed by atoms with E-state index in [9.17, 15) is 0 Å². The molecule has 0 bridgehead atoms. The second kappa shape index (κ2) is 3.47. The van der Waals surface area contributed by atoms with Crippen molar-refractivity contribution in [2.75, 3.05) is 0 Å². The average molecular weight is 216 g/mol. The number of imidazole rings is 1. The lowest BCUT2D eigenvalue weighted by Crippen LogP contribution is -2.06. The molecular formula is C12H16N4. The summed E-state index contributed by atoms with van der Waals surface area (Å²) in [6, 6.07) is 2.23. The zero-order chi connectivity index (χ0) is 11.1. The van der Waals surface area contributed by atoms with E-state index in [-0.39, 0.29) is 0 Å². The third kappa shape index (κ3) is 1.45. The fourth-order valence-electron chi connectivity index (χ4n) is 2.16. The number of aryl methyl sites for hydroxylation is 2. The van der Waals surface area contributed by atoms with Crippen LogP contribution in [0.2, 0.25) is 0 Å². The average Bonchev–Trinajstić information content (AvgIpc) is 2.82.